The summed E-state index contributed by atoms with van der Waals surface area (Å²) in [7, 11) is 0. The van der Waals surface area contributed by atoms with E-state index in [-0.39, 0.29) is 42.4 Å². The second-order valence-corrected chi connectivity index (χ2v) is 7.91. The Hall–Kier alpha value is -1.62. The molecule has 1 aliphatic rings. The highest BCUT2D eigenvalue weighted by atomic mass is 127. The number of carbonyl (C=O) groups excluding carboxylic acids is 1. The number of guanidine groups is 1. The molecule has 28 heavy (non-hydrogen) atoms. The van der Waals surface area contributed by atoms with Crippen LogP contribution < -0.4 is 5.73 Å². The van der Waals surface area contributed by atoms with Crippen molar-refractivity contribution in [2.75, 3.05) is 32.7 Å². The fourth-order valence-corrected chi connectivity index (χ4v) is 2.68. The molecule has 0 spiro atoms. The number of aliphatic imine (C=N–C) groups is 1. The lowest BCUT2D eigenvalue weighted by molar-refractivity contribution is 0.0186. The fourth-order valence-electron chi connectivity index (χ4n) is 2.68. The molecule has 0 bridgehead atoms. The lowest BCUT2D eigenvalue weighted by Gasteiger charge is -2.36. The van der Waals surface area contributed by atoms with Gasteiger partial charge in [0.15, 0.2) is 5.96 Å². The Morgan fingerprint density at radius 2 is 1.64 bits per heavy atom. The zero-order valence-corrected chi connectivity index (χ0v) is 19.1. The summed E-state index contributed by atoms with van der Waals surface area (Å²) >= 11 is 0. The molecule has 0 saturated carbocycles. The van der Waals surface area contributed by atoms with Crippen molar-refractivity contribution in [1.82, 2.24) is 9.80 Å². The van der Waals surface area contributed by atoms with E-state index in [0.717, 1.165) is 0 Å². The average Bonchev–Trinajstić information content (AvgIpc) is 2.59. The number of nitrogens with two attached hydrogens (primary N) is 1. The van der Waals surface area contributed by atoms with E-state index in [1.807, 2.05) is 25.7 Å². The van der Waals surface area contributed by atoms with Crippen LogP contribution in [-0.2, 0) is 10.3 Å². The molecule has 7 nitrogen and oxygen atoms in total. The number of hydrogen-bond acceptors (Lipinski definition) is 4. The first-order valence-electron chi connectivity index (χ1n) is 8.99. The normalized spacial score (nSPS) is 17.6. The van der Waals surface area contributed by atoms with Crippen LogP contribution in [0.1, 0.15) is 33.3 Å². The number of nitrogens with zero attached hydrogens (tertiary/aromatic N) is 3. The van der Waals surface area contributed by atoms with E-state index in [2.05, 4.69) is 4.99 Å². The van der Waals surface area contributed by atoms with Crippen LogP contribution in [0.15, 0.2) is 29.3 Å². The van der Waals surface area contributed by atoms with Gasteiger partial charge in [0.25, 0.3) is 0 Å². The molecule has 1 aromatic carbocycles. The summed E-state index contributed by atoms with van der Waals surface area (Å²) in [6.45, 7) is 9.20. The predicted molar refractivity (Wildman–Crippen MR) is 117 cm³/mol. The molecule has 3 N–H and O–H groups in total. The van der Waals surface area contributed by atoms with Crippen LogP contribution in [-0.4, -0.2) is 65.3 Å². The third-order valence-electron chi connectivity index (χ3n) is 4.27. The molecule has 1 heterocycles. The molecule has 158 valence electrons. The van der Waals surface area contributed by atoms with E-state index in [0.29, 0.717) is 37.7 Å². The highest BCUT2D eigenvalue weighted by Gasteiger charge is 2.27. The van der Waals surface area contributed by atoms with Crippen molar-refractivity contribution < 1.29 is 19.0 Å². The fraction of sp³-hybridized carbons (Fsp3) is 0.579. The number of aliphatic hydroxyl groups is 1. The summed E-state index contributed by atoms with van der Waals surface area (Å²) in [6.07, 6.45) is -0.336. The molecule has 1 unspecified atom stereocenters. The minimum Gasteiger partial charge on any atom is -0.444 e. The summed E-state index contributed by atoms with van der Waals surface area (Å²) in [5, 5.41) is 10.6. The maximum absolute atomic E-state index is 13.0. The lowest BCUT2D eigenvalue weighted by atomic mass is 9.96. The smallest absolute Gasteiger partial charge is 0.410 e. The molecule has 1 fully saturated rings. The number of benzene rings is 1. The van der Waals surface area contributed by atoms with Gasteiger partial charge in [-0.2, -0.15) is 0 Å². The van der Waals surface area contributed by atoms with Gasteiger partial charge in [0.2, 0.25) is 0 Å². The highest BCUT2D eigenvalue weighted by molar-refractivity contribution is 14.0. The van der Waals surface area contributed by atoms with Gasteiger partial charge in [-0.3, -0.25) is 0 Å². The maximum Gasteiger partial charge on any atom is 0.410 e. The van der Waals surface area contributed by atoms with Crippen LogP contribution in [0.5, 0.6) is 0 Å². The molecule has 1 aliphatic heterocycles. The van der Waals surface area contributed by atoms with Gasteiger partial charge in [-0.05, 0) is 45.4 Å². The topological polar surface area (TPSA) is 91.4 Å². The number of piperazine rings is 1. The Bertz CT molecular complexity index is 681. The molecule has 1 atom stereocenters. The zero-order chi connectivity index (χ0) is 20.2. The molecule has 2 rings (SSSR count). The molecule has 1 aromatic rings. The van der Waals surface area contributed by atoms with Crippen molar-refractivity contribution in [3.05, 3.63) is 35.6 Å². The molecule has 0 aromatic heterocycles. The number of carbonyl (C=O) groups is 1. The van der Waals surface area contributed by atoms with Gasteiger partial charge in [-0.15, -0.1) is 24.0 Å². The second kappa shape index (κ2) is 9.73. The Labute approximate surface area is 182 Å². The SMILES string of the molecule is CC(C)(C)OC(=O)N1CCN(C(N)=NCC(C)(O)c2ccc(F)cc2)CC1.I. The maximum atomic E-state index is 13.0. The third-order valence-corrected chi connectivity index (χ3v) is 4.27. The first kappa shape index (κ1) is 24.4. The summed E-state index contributed by atoms with van der Waals surface area (Å²) in [5.74, 6) is -0.0540. The standard InChI is InChI=1S/C19H29FN4O3.HI/c1-18(2,3)27-17(25)24-11-9-23(10-12-24)16(21)22-13-19(4,26)14-5-7-15(20)8-6-14;/h5-8,26H,9-13H2,1-4H3,(H2,21,22);1H. The summed E-state index contributed by atoms with van der Waals surface area (Å²) in [4.78, 5) is 19.9. The van der Waals surface area contributed by atoms with Gasteiger partial charge < -0.3 is 25.4 Å². The van der Waals surface area contributed by atoms with E-state index in [1.165, 1.54) is 24.3 Å². The third kappa shape index (κ3) is 7.08. The van der Waals surface area contributed by atoms with E-state index < -0.39 is 11.2 Å². The monoisotopic (exact) mass is 508 g/mol. The van der Waals surface area contributed by atoms with E-state index in [1.54, 1.807) is 11.8 Å². The number of rotatable bonds is 3. The van der Waals surface area contributed by atoms with Crippen molar-refractivity contribution in [1.29, 1.82) is 0 Å². The quantitative estimate of drug-likeness (QED) is 0.372. The average molecular weight is 508 g/mol. The molecule has 1 saturated heterocycles. The van der Waals surface area contributed by atoms with Crippen LogP contribution in [0.3, 0.4) is 0 Å². The number of hydrogen-bond donors (Lipinski definition) is 2. The van der Waals surface area contributed by atoms with Gasteiger partial charge >= 0.3 is 6.09 Å². The zero-order valence-electron chi connectivity index (χ0n) is 16.8. The van der Waals surface area contributed by atoms with Gasteiger partial charge in [0.1, 0.15) is 17.0 Å². The van der Waals surface area contributed by atoms with Gasteiger partial charge in [-0.1, -0.05) is 12.1 Å². The van der Waals surface area contributed by atoms with Gasteiger partial charge in [0.05, 0.1) is 6.54 Å². The number of ether oxygens (including phenoxy) is 1. The van der Waals surface area contributed by atoms with Crippen LogP contribution in [0.4, 0.5) is 9.18 Å². The molecule has 0 radical (unpaired) electrons. The van der Waals surface area contributed by atoms with Crippen molar-refractivity contribution in [3.63, 3.8) is 0 Å². The molecular formula is C19H30FIN4O3. The highest BCUT2D eigenvalue weighted by Crippen LogP contribution is 2.21. The first-order valence-corrected chi connectivity index (χ1v) is 8.99. The Morgan fingerprint density at radius 3 is 2.14 bits per heavy atom. The minimum atomic E-state index is -1.25. The van der Waals surface area contributed by atoms with E-state index in [9.17, 15) is 14.3 Å². The summed E-state index contributed by atoms with van der Waals surface area (Å²) < 4.78 is 18.4. The minimum absolute atomic E-state index is 0. The molecule has 0 aliphatic carbocycles. The van der Waals surface area contributed by atoms with Crippen molar-refractivity contribution in [2.45, 2.75) is 38.9 Å². The largest absolute Gasteiger partial charge is 0.444 e. The van der Waals surface area contributed by atoms with Crippen molar-refractivity contribution in [3.8, 4) is 0 Å². The van der Waals surface area contributed by atoms with Crippen LogP contribution in [0.2, 0.25) is 0 Å². The van der Waals surface area contributed by atoms with Crippen LogP contribution in [0.25, 0.3) is 0 Å². The summed E-state index contributed by atoms with van der Waals surface area (Å²) in [5.41, 5.74) is 4.84. The Morgan fingerprint density at radius 1 is 1.14 bits per heavy atom. The summed E-state index contributed by atoms with van der Waals surface area (Å²) in [6, 6.07) is 5.65. The Kier molecular flexibility index (Phi) is 8.48. The van der Waals surface area contributed by atoms with Crippen LogP contribution in [0, 0.1) is 5.82 Å². The van der Waals surface area contributed by atoms with Gasteiger partial charge in [0, 0.05) is 26.2 Å². The van der Waals surface area contributed by atoms with E-state index in [4.69, 9.17) is 10.5 Å². The first-order chi connectivity index (χ1) is 12.5. The van der Waals surface area contributed by atoms with Crippen molar-refractivity contribution >= 4 is 36.0 Å². The van der Waals surface area contributed by atoms with Crippen molar-refractivity contribution in [2.24, 2.45) is 10.7 Å². The van der Waals surface area contributed by atoms with E-state index >= 15 is 0 Å². The van der Waals surface area contributed by atoms with Crippen LogP contribution >= 0.6 is 24.0 Å². The Balaban J connectivity index is 0.00000392. The molecule has 9 heteroatoms. The predicted octanol–water partition coefficient (Wildman–Crippen LogP) is 2.52. The lowest BCUT2D eigenvalue weighted by Crippen LogP contribution is -2.53. The number of amides is 1. The second-order valence-electron chi connectivity index (χ2n) is 7.91. The molecular weight excluding hydrogens is 478 g/mol. The molecule has 1 amide bonds. The van der Waals surface area contributed by atoms with Gasteiger partial charge in [-0.25, -0.2) is 14.2 Å². The number of halogens is 2.